The van der Waals surface area contributed by atoms with Gasteiger partial charge in [-0.3, -0.25) is 4.79 Å². The second kappa shape index (κ2) is 4.68. The number of nitriles is 1. The van der Waals surface area contributed by atoms with E-state index in [2.05, 4.69) is 0 Å². The van der Waals surface area contributed by atoms with Crippen molar-refractivity contribution in [3.8, 4) is 6.07 Å². The zero-order chi connectivity index (χ0) is 10.6. The van der Waals surface area contributed by atoms with Crippen LogP contribution in [-0.2, 0) is 0 Å². The lowest BCUT2D eigenvalue weighted by Gasteiger charge is -2.08. The van der Waals surface area contributed by atoms with Crippen LogP contribution in [0, 0.1) is 11.3 Å². The molecule has 1 rings (SSSR count). The van der Waals surface area contributed by atoms with Crippen molar-refractivity contribution >= 4 is 17.0 Å². The quantitative estimate of drug-likeness (QED) is 0.662. The number of hydrogen-bond acceptors (Lipinski definition) is 3. The van der Waals surface area contributed by atoms with Gasteiger partial charge in [-0.25, -0.2) is 0 Å². The molecule has 0 N–H and O–H groups in total. The maximum Gasteiger partial charge on any atom is 0.285 e. The first-order valence-corrected chi connectivity index (χ1v) is 4.84. The van der Waals surface area contributed by atoms with Gasteiger partial charge in [-0.15, -0.1) is 0 Å². The zero-order valence-electron chi connectivity index (χ0n) is 8.02. The van der Waals surface area contributed by atoms with Gasteiger partial charge in [0, 0.05) is 19.0 Å². The van der Waals surface area contributed by atoms with Crippen LogP contribution in [-0.4, -0.2) is 24.2 Å². The summed E-state index contributed by atoms with van der Waals surface area (Å²) < 4.78 is 0. The molecule has 0 saturated carbocycles. The lowest BCUT2D eigenvalue weighted by molar-refractivity contribution is 0.241. The van der Waals surface area contributed by atoms with E-state index in [1.807, 2.05) is 6.07 Å². The van der Waals surface area contributed by atoms with E-state index in [0.717, 1.165) is 16.7 Å². The molecule has 0 aromatic heterocycles. The van der Waals surface area contributed by atoms with E-state index in [0.29, 0.717) is 5.56 Å². The Morgan fingerprint density at radius 2 is 1.93 bits per heavy atom. The molecule has 0 atom stereocenters. The highest BCUT2D eigenvalue weighted by atomic mass is 32.2. The van der Waals surface area contributed by atoms with Gasteiger partial charge in [0.15, 0.2) is 0 Å². The number of amides is 1. The summed E-state index contributed by atoms with van der Waals surface area (Å²) in [6, 6.07) is 8.96. The molecule has 1 aromatic rings. The fourth-order valence-corrected chi connectivity index (χ4v) is 1.45. The summed E-state index contributed by atoms with van der Waals surface area (Å²) in [6.07, 6.45) is 0. The van der Waals surface area contributed by atoms with Gasteiger partial charge in [-0.2, -0.15) is 5.26 Å². The Balaban J connectivity index is 2.70. The van der Waals surface area contributed by atoms with E-state index in [9.17, 15) is 4.79 Å². The summed E-state index contributed by atoms with van der Waals surface area (Å²) in [5.41, 5.74) is 0.603. The van der Waals surface area contributed by atoms with Crippen LogP contribution in [0.3, 0.4) is 0 Å². The Labute approximate surface area is 87.3 Å². The molecular weight excluding hydrogens is 196 g/mol. The van der Waals surface area contributed by atoms with Gasteiger partial charge in [0.05, 0.1) is 11.6 Å². The number of benzene rings is 1. The van der Waals surface area contributed by atoms with Crippen LogP contribution in [0.25, 0.3) is 0 Å². The summed E-state index contributed by atoms with van der Waals surface area (Å²) >= 11 is 1.15. The predicted molar refractivity (Wildman–Crippen MR) is 56.1 cm³/mol. The SMILES string of the molecule is CN(C)C(=O)Sc1ccc(C#N)cc1. The lowest BCUT2D eigenvalue weighted by Crippen LogP contribution is -2.15. The molecule has 0 radical (unpaired) electrons. The molecule has 0 aliphatic rings. The second-order valence-corrected chi connectivity index (χ2v) is 3.92. The minimum Gasteiger partial charge on any atom is -0.339 e. The molecular formula is C10H10N2OS. The monoisotopic (exact) mass is 206 g/mol. The van der Waals surface area contributed by atoms with Crippen molar-refractivity contribution in [1.29, 1.82) is 5.26 Å². The summed E-state index contributed by atoms with van der Waals surface area (Å²) in [7, 11) is 3.41. The summed E-state index contributed by atoms with van der Waals surface area (Å²) in [4.78, 5) is 13.7. The Hall–Kier alpha value is -1.47. The van der Waals surface area contributed by atoms with Gasteiger partial charge in [-0.05, 0) is 36.0 Å². The maximum absolute atomic E-state index is 11.3. The van der Waals surface area contributed by atoms with Crippen molar-refractivity contribution < 1.29 is 4.79 Å². The molecule has 0 fully saturated rings. The van der Waals surface area contributed by atoms with Crippen molar-refractivity contribution in [3.63, 3.8) is 0 Å². The molecule has 0 spiro atoms. The van der Waals surface area contributed by atoms with Gasteiger partial charge in [0.25, 0.3) is 5.24 Å². The van der Waals surface area contributed by atoms with Crippen LogP contribution in [0.15, 0.2) is 29.2 Å². The number of rotatable bonds is 1. The molecule has 0 heterocycles. The first kappa shape index (κ1) is 10.6. The fraction of sp³-hybridized carbons (Fsp3) is 0.200. The average molecular weight is 206 g/mol. The Bertz CT molecular complexity index is 365. The second-order valence-electron chi connectivity index (χ2n) is 2.90. The molecule has 0 aliphatic carbocycles. The third-order valence-electron chi connectivity index (χ3n) is 1.55. The highest BCUT2D eigenvalue weighted by molar-refractivity contribution is 8.13. The predicted octanol–water partition coefficient (Wildman–Crippen LogP) is 2.33. The van der Waals surface area contributed by atoms with E-state index in [-0.39, 0.29) is 5.24 Å². The molecule has 0 saturated heterocycles. The van der Waals surface area contributed by atoms with Gasteiger partial charge in [0.1, 0.15) is 0 Å². The van der Waals surface area contributed by atoms with Gasteiger partial charge in [0.2, 0.25) is 0 Å². The number of nitrogens with zero attached hydrogens (tertiary/aromatic N) is 2. The van der Waals surface area contributed by atoms with Crippen molar-refractivity contribution in [2.45, 2.75) is 4.90 Å². The summed E-state index contributed by atoms with van der Waals surface area (Å²) in [5.74, 6) is 0. The van der Waals surface area contributed by atoms with E-state index >= 15 is 0 Å². The molecule has 14 heavy (non-hydrogen) atoms. The minimum atomic E-state index is -0.0188. The van der Waals surface area contributed by atoms with Crippen molar-refractivity contribution in [2.75, 3.05) is 14.1 Å². The normalized spacial score (nSPS) is 9.21. The summed E-state index contributed by atoms with van der Waals surface area (Å²) in [5, 5.41) is 8.55. The maximum atomic E-state index is 11.3. The molecule has 1 aromatic carbocycles. The molecule has 0 bridgehead atoms. The molecule has 0 aliphatic heterocycles. The zero-order valence-corrected chi connectivity index (χ0v) is 8.84. The highest BCUT2D eigenvalue weighted by Crippen LogP contribution is 2.20. The van der Waals surface area contributed by atoms with E-state index in [1.54, 1.807) is 38.4 Å². The number of thioether (sulfide) groups is 1. The standard InChI is InChI=1S/C10H10N2OS/c1-12(2)10(13)14-9-5-3-8(7-11)4-6-9/h3-6H,1-2H3. The van der Waals surface area contributed by atoms with Gasteiger partial charge in [-0.1, -0.05) is 0 Å². The smallest absolute Gasteiger partial charge is 0.285 e. The van der Waals surface area contributed by atoms with E-state index < -0.39 is 0 Å². The Morgan fingerprint density at radius 1 is 1.36 bits per heavy atom. The van der Waals surface area contributed by atoms with Crippen LogP contribution >= 0.6 is 11.8 Å². The van der Waals surface area contributed by atoms with E-state index in [1.165, 1.54) is 4.90 Å². The molecule has 1 amide bonds. The Kier molecular flexibility index (Phi) is 3.55. The minimum absolute atomic E-state index is 0.0188. The first-order valence-electron chi connectivity index (χ1n) is 4.03. The fourth-order valence-electron chi connectivity index (χ4n) is 0.790. The third-order valence-corrected chi connectivity index (χ3v) is 2.60. The lowest BCUT2D eigenvalue weighted by atomic mass is 10.2. The topological polar surface area (TPSA) is 44.1 Å². The van der Waals surface area contributed by atoms with E-state index in [4.69, 9.17) is 5.26 Å². The van der Waals surface area contributed by atoms with Gasteiger partial charge >= 0.3 is 0 Å². The van der Waals surface area contributed by atoms with Crippen molar-refractivity contribution in [2.24, 2.45) is 0 Å². The van der Waals surface area contributed by atoms with Crippen LogP contribution in [0.4, 0.5) is 4.79 Å². The van der Waals surface area contributed by atoms with Crippen LogP contribution in [0.5, 0.6) is 0 Å². The largest absolute Gasteiger partial charge is 0.339 e. The van der Waals surface area contributed by atoms with Crippen molar-refractivity contribution in [3.05, 3.63) is 29.8 Å². The molecule has 0 unspecified atom stereocenters. The number of carbonyl (C=O) groups is 1. The average Bonchev–Trinajstić information content (AvgIpc) is 2.19. The van der Waals surface area contributed by atoms with Crippen molar-refractivity contribution in [1.82, 2.24) is 4.90 Å². The Morgan fingerprint density at radius 3 is 2.36 bits per heavy atom. The van der Waals surface area contributed by atoms with Crippen LogP contribution in [0.2, 0.25) is 0 Å². The summed E-state index contributed by atoms with van der Waals surface area (Å²) in [6.45, 7) is 0. The molecule has 72 valence electrons. The number of hydrogen-bond donors (Lipinski definition) is 0. The molecule has 3 nitrogen and oxygen atoms in total. The van der Waals surface area contributed by atoms with Crippen LogP contribution < -0.4 is 0 Å². The first-order chi connectivity index (χ1) is 6.63. The molecule has 4 heteroatoms. The third kappa shape index (κ3) is 2.79. The van der Waals surface area contributed by atoms with Crippen LogP contribution in [0.1, 0.15) is 5.56 Å². The van der Waals surface area contributed by atoms with Gasteiger partial charge < -0.3 is 4.90 Å². The number of carbonyl (C=O) groups excluding carboxylic acids is 1. The highest BCUT2D eigenvalue weighted by Gasteiger charge is 2.05.